The molecular weight excluding hydrogens is 330 g/mol. The predicted molar refractivity (Wildman–Crippen MR) is 105 cm³/mol. The molecule has 0 spiro atoms. The molecule has 2 aromatic heterocycles. The second-order valence-corrected chi connectivity index (χ2v) is 5.95. The lowest BCUT2D eigenvalue weighted by atomic mass is 10.1. The molecule has 4 rings (SSSR count). The quantitative estimate of drug-likeness (QED) is 0.499. The summed E-state index contributed by atoms with van der Waals surface area (Å²) in [6.07, 6.45) is 7.93. The molecule has 3 aromatic rings. The lowest BCUT2D eigenvalue weighted by Gasteiger charge is -2.19. The fraction of sp³-hybridized carbons (Fsp3) is 0.263. The Bertz CT molecular complexity index is 799. The van der Waals surface area contributed by atoms with Crippen molar-refractivity contribution in [3.63, 3.8) is 0 Å². The van der Waals surface area contributed by atoms with Crippen LogP contribution in [0.5, 0.6) is 0 Å². The molecule has 1 N–H and O–H groups in total. The molecule has 0 unspecified atom stereocenters. The molecule has 0 amide bonds. The van der Waals surface area contributed by atoms with E-state index in [1.54, 1.807) is 42.6 Å². The third kappa shape index (κ3) is 5.26. The highest BCUT2D eigenvalue weighted by atomic mass is 32.2. The lowest BCUT2D eigenvalue weighted by Crippen LogP contribution is -2.03. The van der Waals surface area contributed by atoms with Crippen LogP contribution in [0.1, 0.15) is 33.6 Å². The van der Waals surface area contributed by atoms with E-state index in [4.69, 9.17) is 0 Å². The summed E-state index contributed by atoms with van der Waals surface area (Å²) in [5, 5.41) is 4.26. The zero-order valence-electron chi connectivity index (χ0n) is 15.0. The topological polar surface area (TPSA) is 63.6 Å². The van der Waals surface area contributed by atoms with E-state index in [0.29, 0.717) is 0 Å². The van der Waals surface area contributed by atoms with Crippen molar-refractivity contribution in [3.05, 3.63) is 60.4 Å². The van der Waals surface area contributed by atoms with Gasteiger partial charge in [-0.25, -0.2) is 19.9 Å². The molecule has 1 aliphatic heterocycles. The summed E-state index contributed by atoms with van der Waals surface area (Å²) in [5.74, 6) is 1.68. The number of aryl methyl sites for hydroxylation is 2. The number of nitrogens with one attached hydrogen (secondary N) is 1. The van der Waals surface area contributed by atoms with Crippen LogP contribution in [0.3, 0.4) is 0 Å². The number of anilines is 2. The van der Waals surface area contributed by atoms with Crippen molar-refractivity contribution in [2.24, 2.45) is 0 Å². The van der Waals surface area contributed by atoms with Gasteiger partial charge in [0.25, 0.3) is 0 Å². The number of hydrogen-bond donors (Lipinski definition) is 1. The van der Waals surface area contributed by atoms with Gasteiger partial charge in [0.15, 0.2) is 5.82 Å². The van der Waals surface area contributed by atoms with E-state index in [-0.39, 0.29) is 1.43 Å². The standard InChI is InChI=1S/C12H11N3S.C5H6N2.C2H6.H2/c1-2-8-3-4-10-9(7-8)15-11-12(16-10)14-6-5-13-11;1-5-6-3-2-4-7-5;1-2;/h3-7H,2H2,1H3,(H,13,15);2-4H,1H3;1-2H3;1H. The molecule has 0 radical (unpaired) electrons. The Kier molecular flexibility index (Phi) is 7.35. The largest absolute Gasteiger partial charge is 0.337 e. The van der Waals surface area contributed by atoms with Gasteiger partial charge in [-0.1, -0.05) is 38.6 Å². The summed E-state index contributed by atoms with van der Waals surface area (Å²) in [4.78, 5) is 17.5. The maximum Gasteiger partial charge on any atom is 0.163 e. The highest BCUT2D eigenvalue weighted by molar-refractivity contribution is 7.99. The van der Waals surface area contributed by atoms with E-state index in [1.807, 2.05) is 20.8 Å². The molecule has 0 atom stereocenters. The predicted octanol–water partition coefficient (Wildman–Crippen LogP) is 5.30. The van der Waals surface area contributed by atoms with Crippen LogP contribution in [0.25, 0.3) is 0 Å². The number of fused-ring (bicyclic) bond motifs is 2. The molecule has 25 heavy (non-hydrogen) atoms. The van der Waals surface area contributed by atoms with Gasteiger partial charge in [-0.15, -0.1) is 0 Å². The van der Waals surface area contributed by atoms with Gasteiger partial charge < -0.3 is 5.32 Å². The SMILES string of the molecule is CC.CCc1ccc2c(c1)Nc1nccnc1S2.Cc1ncccn1.[HH]. The Morgan fingerprint density at radius 2 is 1.72 bits per heavy atom. The molecular formula is C19H25N5S. The Labute approximate surface area is 154 Å². The van der Waals surface area contributed by atoms with Crippen LogP contribution in [0.2, 0.25) is 0 Å². The summed E-state index contributed by atoms with van der Waals surface area (Å²) in [7, 11) is 0. The number of aromatic nitrogens is 4. The van der Waals surface area contributed by atoms with E-state index >= 15 is 0 Å². The van der Waals surface area contributed by atoms with Gasteiger partial charge in [0.1, 0.15) is 10.9 Å². The Balaban J connectivity index is 0.000000287. The number of benzene rings is 1. The van der Waals surface area contributed by atoms with Crippen molar-refractivity contribution < 1.29 is 1.43 Å². The monoisotopic (exact) mass is 355 g/mol. The van der Waals surface area contributed by atoms with Crippen LogP contribution in [-0.4, -0.2) is 19.9 Å². The van der Waals surface area contributed by atoms with Crippen molar-refractivity contribution in [1.29, 1.82) is 0 Å². The molecule has 3 heterocycles. The first-order valence-electron chi connectivity index (χ1n) is 8.38. The minimum atomic E-state index is 0. The minimum Gasteiger partial charge on any atom is -0.337 e. The molecule has 1 aliphatic rings. The molecule has 1 aromatic carbocycles. The maximum atomic E-state index is 4.30. The summed E-state index contributed by atoms with van der Waals surface area (Å²) in [5.41, 5.74) is 2.47. The van der Waals surface area contributed by atoms with Crippen molar-refractivity contribution in [2.75, 3.05) is 5.32 Å². The molecule has 0 fully saturated rings. The van der Waals surface area contributed by atoms with Crippen molar-refractivity contribution in [1.82, 2.24) is 19.9 Å². The second-order valence-electron chi connectivity index (χ2n) is 4.92. The average Bonchev–Trinajstić information content (AvgIpc) is 2.68. The normalized spacial score (nSPS) is 10.7. The van der Waals surface area contributed by atoms with Crippen molar-refractivity contribution in [2.45, 2.75) is 44.0 Å². The van der Waals surface area contributed by atoms with Crippen molar-refractivity contribution >= 4 is 23.3 Å². The van der Waals surface area contributed by atoms with Gasteiger partial charge >= 0.3 is 0 Å². The van der Waals surface area contributed by atoms with E-state index in [1.165, 1.54) is 10.5 Å². The van der Waals surface area contributed by atoms with Gasteiger partial charge in [0, 0.05) is 31.1 Å². The zero-order valence-corrected chi connectivity index (χ0v) is 15.8. The smallest absolute Gasteiger partial charge is 0.163 e. The minimum absolute atomic E-state index is 0. The average molecular weight is 356 g/mol. The first-order chi connectivity index (χ1) is 12.3. The molecule has 0 aliphatic carbocycles. The molecule has 6 heteroatoms. The van der Waals surface area contributed by atoms with Gasteiger partial charge in [0.2, 0.25) is 0 Å². The Hall–Kier alpha value is -2.47. The number of nitrogens with zero attached hydrogens (tertiary/aromatic N) is 4. The summed E-state index contributed by atoms with van der Waals surface area (Å²) in [6, 6.07) is 8.28. The third-order valence-electron chi connectivity index (χ3n) is 3.27. The zero-order chi connectivity index (χ0) is 18.1. The maximum absolute atomic E-state index is 4.30. The first kappa shape index (κ1) is 18.9. The number of hydrogen-bond acceptors (Lipinski definition) is 6. The van der Waals surface area contributed by atoms with E-state index in [9.17, 15) is 0 Å². The van der Waals surface area contributed by atoms with Crippen molar-refractivity contribution in [3.8, 4) is 0 Å². The Morgan fingerprint density at radius 3 is 2.36 bits per heavy atom. The summed E-state index contributed by atoms with van der Waals surface area (Å²) < 4.78 is 0. The van der Waals surface area contributed by atoms with E-state index < -0.39 is 0 Å². The van der Waals surface area contributed by atoms with Crippen LogP contribution >= 0.6 is 11.8 Å². The lowest BCUT2D eigenvalue weighted by molar-refractivity contribution is 1.04. The molecule has 132 valence electrons. The summed E-state index contributed by atoms with van der Waals surface area (Å²) in [6.45, 7) is 8.02. The van der Waals surface area contributed by atoms with E-state index in [2.05, 4.69) is 50.4 Å². The summed E-state index contributed by atoms with van der Waals surface area (Å²) >= 11 is 1.67. The van der Waals surface area contributed by atoms with E-state index in [0.717, 1.165) is 28.8 Å². The van der Waals surface area contributed by atoms with Crippen LogP contribution in [0.4, 0.5) is 11.5 Å². The second kappa shape index (κ2) is 9.74. The highest BCUT2D eigenvalue weighted by Gasteiger charge is 2.17. The van der Waals surface area contributed by atoms with Crippen LogP contribution in [-0.2, 0) is 6.42 Å². The number of rotatable bonds is 1. The first-order valence-corrected chi connectivity index (χ1v) is 9.20. The molecule has 0 bridgehead atoms. The van der Waals surface area contributed by atoms with Gasteiger partial charge in [-0.05, 0) is 37.1 Å². The third-order valence-corrected chi connectivity index (χ3v) is 4.34. The van der Waals surface area contributed by atoms with Crippen LogP contribution in [0, 0.1) is 6.92 Å². The van der Waals surface area contributed by atoms with Crippen LogP contribution in [0.15, 0.2) is 59.0 Å². The van der Waals surface area contributed by atoms with Gasteiger partial charge in [0.05, 0.1) is 5.69 Å². The molecule has 5 nitrogen and oxygen atoms in total. The fourth-order valence-electron chi connectivity index (χ4n) is 2.07. The van der Waals surface area contributed by atoms with Gasteiger partial charge in [-0.3, -0.25) is 0 Å². The Morgan fingerprint density at radius 1 is 1.00 bits per heavy atom. The fourth-order valence-corrected chi connectivity index (χ4v) is 2.95. The molecule has 0 saturated carbocycles. The van der Waals surface area contributed by atoms with Gasteiger partial charge in [-0.2, -0.15) is 0 Å². The van der Waals surface area contributed by atoms with Crippen LogP contribution < -0.4 is 5.32 Å². The highest BCUT2D eigenvalue weighted by Crippen LogP contribution is 2.41. The molecule has 0 saturated heterocycles.